The lowest BCUT2D eigenvalue weighted by Gasteiger charge is -2.31. The van der Waals surface area contributed by atoms with Gasteiger partial charge >= 0.3 is 6.09 Å². The highest BCUT2D eigenvalue weighted by atomic mass is 16.6. The van der Waals surface area contributed by atoms with Crippen LogP contribution in [-0.2, 0) is 11.2 Å². The van der Waals surface area contributed by atoms with Crippen LogP contribution in [0.4, 0.5) is 4.79 Å². The molecule has 1 aromatic heterocycles. The highest BCUT2D eigenvalue weighted by Crippen LogP contribution is 2.15. The van der Waals surface area contributed by atoms with Crippen molar-refractivity contribution in [2.45, 2.75) is 45.3 Å². The van der Waals surface area contributed by atoms with Crippen LogP contribution in [0.15, 0.2) is 54.7 Å². The summed E-state index contributed by atoms with van der Waals surface area (Å²) in [5.41, 5.74) is 0.942. The molecule has 0 fully saturated rings. The molecule has 6 heteroatoms. The average Bonchev–Trinajstić information content (AvgIpc) is 2.66. The Bertz CT molecular complexity index is 758. The number of aromatic nitrogens is 1. The van der Waals surface area contributed by atoms with E-state index in [1.807, 2.05) is 51.1 Å². The first-order valence-electron chi connectivity index (χ1n) is 9.45. The first-order valence-corrected chi connectivity index (χ1v) is 9.45. The number of hydrogen-bond acceptors (Lipinski definition) is 4. The van der Waals surface area contributed by atoms with Crippen LogP contribution in [0.2, 0.25) is 0 Å². The van der Waals surface area contributed by atoms with E-state index in [1.165, 1.54) is 0 Å². The lowest BCUT2D eigenvalue weighted by Crippen LogP contribution is -2.43. The molecule has 0 spiro atoms. The van der Waals surface area contributed by atoms with Crippen LogP contribution in [0.1, 0.15) is 43.2 Å². The maximum absolute atomic E-state index is 12.5. The number of likely N-dealkylation sites (N-methyl/N-ethyl adjacent to an activating group) is 1. The van der Waals surface area contributed by atoms with E-state index < -0.39 is 5.60 Å². The minimum atomic E-state index is -0.560. The Morgan fingerprint density at radius 1 is 1.11 bits per heavy atom. The number of amides is 2. The van der Waals surface area contributed by atoms with Crippen molar-refractivity contribution in [2.24, 2.45) is 0 Å². The van der Waals surface area contributed by atoms with Crippen molar-refractivity contribution in [2.75, 3.05) is 13.6 Å². The monoisotopic (exact) mass is 383 g/mol. The summed E-state index contributed by atoms with van der Waals surface area (Å²) in [6, 6.07) is 15.1. The van der Waals surface area contributed by atoms with Gasteiger partial charge in [0.05, 0.1) is 0 Å². The van der Waals surface area contributed by atoms with Gasteiger partial charge in [-0.2, -0.15) is 0 Å². The van der Waals surface area contributed by atoms with Gasteiger partial charge in [-0.15, -0.1) is 0 Å². The van der Waals surface area contributed by atoms with Gasteiger partial charge in [0.15, 0.2) is 0 Å². The van der Waals surface area contributed by atoms with Gasteiger partial charge in [0, 0.05) is 25.8 Å². The molecule has 2 rings (SSSR count). The number of nitrogens with one attached hydrogen (secondary N) is 1. The second-order valence-electron chi connectivity index (χ2n) is 7.69. The standard InChI is InChI=1S/C22H29N3O3/c1-22(2,3)28-21(27)25(4)18(16-17-10-6-5-7-11-17)13-15-24-20(26)19-12-8-9-14-23-19/h5-12,14,18H,13,15-16H2,1-4H3,(H,24,26)/t18-/m1/s1. The molecule has 1 aromatic carbocycles. The summed E-state index contributed by atoms with van der Waals surface area (Å²) in [7, 11) is 1.74. The Morgan fingerprint density at radius 2 is 1.79 bits per heavy atom. The summed E-state index contributed by atoms with van der Waals surface area (Å²) < 4.78 is 5.50. The maximum Gasteiger partial charge on any atom is 0.410 e. The second-order valence-corrected chi connectivity index (χ2v) is 7.69. The zero-order chi connectivity index (χ0) is 20.6. The largest absolute Gasteiger partial charge is 0.444 e. The predicted molar refractivity (Wildman–Crippen MR) is 109 cm³/mol. The number of benzene rings is 1. The van der Waals surface area contributed by atoms with Crippen LogP contribution in [0.25, 0.3) is 0 Å². The molecular weight excluding hydrogens is 354 g/mol. The zero-order valence-electron chi connectivity index (χ0n) is 17.0. The molecule has 2 amide bonds. The van der Waals surface area contributed by atoms with Crippen molar-refractivity contribution in [3.63, 3.8) is 0 Å². The molecule has 0 radical (unpaired) electrons. The van der Waals surface area contributed by atoms with Gasteiger partial charge in [0.2, 0.25) is 0 Å². The summed E-state index contributed by atoms with van der Waals surface area (Å²) in [6.07, 6.45) is 2.49. The van der Waals surface area contributed by atoms with Crippen molar-refractivity contribution in [1.29, 1.82) is 0 Å². The summed E-state index contributed by atoms with van der Waals surface area (Å²) >= 11 is 0. The number of nitrogens with zero attached hydrogens (tertiary/aromatic N) is 2. The third-order valence-corrected chi connectivity index (χ3v) is 4.20. The van der Waals surface area contributed by atoms with Crippen LogP contribution in [-0.4, -0.2) is 47.1 Å². The van der Waals surface area contributed by atoms with Crippen molar-refractivity contribution in [3.8, 4) is 0 Å². The lowest BCUT2D eigenvalue weighted by molar-refractivity contribution is 0.0215. The van der Waals surface area contributed by atoms with E-state index in [0.29, 0.717) is 25.1 Å². The highest BCUT2D eigenvalue weighted by Gasteiger charge is 2.25. The van der Waals surface area contributed by atoms with Crippen molar-refractivity contribution in [1.82, 2.24) is 15.2 Å². The summed E-state index contributed by atoms with van der Waals surface area (Å²) in [5, 5.41) is 2.88. The summed E-state index contributed by atoms with van der Waals surface area (Å²) in [4.78, 5) is 30.4. The van der Waals surface area contributed by atoms with Gasteiger partial charge in [0.1, 0.15) is 11.3 Å². The molecule has 0 bridgehead atoms. The lowest BCUT2D eigenvalue weighted by atomic mass is 10.0. The Morgan fingerprint density at radius 3 is 2.39 bits per heavy atom. The van der Waals surface area contributed by atoms with E-state index in [9.17, 15) is 9.59 Å². The zero-order valence-corrected chi connectivity index (χ0v) is 17.0. The summed E-state index contributed by atoms with van der Waals surface area (Å²) in [5.74, 6) is -0.223. The number of carbonyl (C=O) groups excluding carboxylic acids is 2. The maximum atomic E-state index is 12.5. The third kappa shape index (κ3) is 7.02. The molecule has 28 heavy (non-hydrogen) atoms. The van der Waals surface area contributed by atoms with Crippen molar-refractivity contribution < 1.29 is 14.3 Å². The topological polar surface area (TPSA) is 71.5 Å². The number of ether oxygens (including phenoxy) is 1. The number of carbonyl (C=O) groups is 2. The quantitative estimate of drug-likeness (QED) is 0.792. The van der Waals surface area contributed by atoms with E-state index in [1.54, 1.807) is 36.3 Å². The van der Waals surface area contributed by atoms with Gasteiger partial charge in [-0.25, -0.2) is 4.79 Å². The SMILES string of the molecule is CN(C(=O)OC(C)(C)C)[C@H](CCNC(=O)c1ccccn1)Cc1ccccc1. The fourth-order valence-electron chi connectivity index (χ4n) is 2.74. The molecule has 0 aliphatic carbocycles. The average molecular weight is 383 g/mol. The minimum Gasteiger partial charge on any atom is -0.444 e. The Kier molecular flexibility index (Phi) is 7.55. The van der Waals surface area contributed by atoms with Gasteiger partial charge in [-0.3, -0.25) is 9.78 Å². The van der Waals surface area contributed by atoms with Gasteiger partial charge in [-0.1, -0.05) is 36.4 Å². The Hall–Kier alpha value is -2.89. The van der Waals surface area contributed by atoms with E-state index in [2.05, 4.69) is 10.3 Å². The summed E-state index contributed by atoms with van der Waals surface area (Å²) in [6.45, 7) is 5.97. The number of pyridine rings is 1. The molecule has 1 atom stereocenters. The molecule has 0 aliphatic rings. The van der Waals surface area contributed by atoms with E-state index >= 15 is 0 Å². The van der Waals surface area contributed by atoms with Crippen LogP contribution in [0, 0.1) is 0 Å². The van der Waals surface area contributed by atoms with E-state index in [4.69, 9.17) is 4.74 Å². The van der Waals surface area contributed by atoms with Crippen LogP contribution in [0.5, 0.6) is 0 Å². The molecule has 6 nitrogen and oxygen atoms in total. The smallest absolute Gasteiger partial charge is 0.410 e. The molecule has 0 aliphatic heterocycles. The predicted octanol–water partition coefficient (Wildman–Crippen LogP) is 3.68. The molecule has 0 saturated heterocycles. The Balaban J connectivity index is 2.01. The second kappa shape index (κ2) is 9.88. The number of hydrogen-bond donors (Lipinski definition) is 1. The van der Waals surface area contributed by atoms with Gasteiger partial charge in [0.25, 0.3) is 5.91 Å². The minimum absolute atomic E-state index is 0.110. The van der Waals surface area contributed by atoms with Gasteiger partial charge in [-0.05, 0) is 51.3 Å². The van der Waals surface area contributed by atoms with Gasteiger partial charge < -0.3 is 15.0 Å². The molecule has 150 valence electrons. The van der Waals surface area contributed by atoms with E-state index in [-0.39, 0.29) is 18.0 Å². The number of rotatable bonds is 7. The molecule has 1 heterocycles. The molecule has 0 unspecified atom stereocenters. The Labute approximate surface area is 166 Å². The van der Waals surface area contributed by atoms with E-state index in [0.717, 1.165) is 5.56 Å². The molecule has 1 N–H and O–H groups in total. The third-order valence-electron chi connectivity index (χ3n) is 4.20. The fourth-order valence-corrected chi connectivity index (χ4v) is 2.74. The van der Waals surface area contributed by atoms with Crippen LogP contribution >= 0.6 is 0 Å². The highest BCUT2D eigenvalue weighted by molar-refractivity contribution is 5.92. The normalized spacial score (nSPS) is 12.1. The van der Waals surface area contributed by atoms with Crippen molar-refractivity contribution in [3.05, 3.63) is 66.0 Å². The molecule has 0 saturated carbocycles. The van der Waals surface area contributed by atoms with Crippen LogP contribution < -0.4 is 5.32 Å². The first kappa shape index (κ1) is 21.4. The fraction of sp³-hybridized carbons (Fsp3) is 0.409. The van der Waals surface area contributed by atoms with Crippen molar-refractivity contribution >= 4 is 12.0 Å². The first-order chi connectivity index (χ1) is 13.3. The molecular formula is C22H29N3O3. The van der Waals surface area contributed by atoms with Crippen LogP contribution in [0.3, 0.4) is 0 Å². The molecule has 2 aromatic rings.